The maximum Gasteiger partial charge on any atom is 0.139 e. The van der Waals surface area contributed by atoms with Crippen LogP contribution in [0, 0.1) is 11.8 Å². The van der Waals surface area contributed by atoms with Gasteiger partial charge in [0.25, 0.3) is 0 Å². The molecule has 82 valence electrons. The normalized spacial score (nSPS) is 28.0. The maximum atomic E-state index is 12.0. The Labute approximate surface area is 88.3 Å². The van der Waals surface area contributed by atoms with Crippen LogP contribution in [0.5, 0.6) is 0 Å². The van der Waals surface area contributed by atoms with Crippen LogP contribution in [0.25, 0.3) is 0 Å². The summed E-state index contributed by atoms with van der Waals surface area (Å²) in [5.74, 6) is 1.42. The van der Waals surface area contributed by atoms with Crippen LogP contribution in [0.1, 0.15) is 65.2 Å². The molecular formula is C13H24O. The lowest BCUT2D eigenvalue weighted by atomic mass is 9.76. The van der Waals surface area contributed by atoms with Crippen molar-refractivity contribution in [3.8, 4) is 0 Å². The van der Waals surface area contributed by atoms with Gasteiger partial charge >= 0.3 is 0 Å². The molecule has 1 rings (SSSR count). The van der Waals surface area contributed by atoms with E-state index in [1.807, 2.05) is 0 Å². The molecule has 0 aromatic rings. The Balaban J connectivity index is 2.40. The quantitative estimate of drug-likeness (QED) is 0.650. The highest BCUT2D eigenvalue weighted by molar-refractivity contribution is 5.84. The van der Waals surface area contributed by atoms with E-state index < -0.39 is 0 Å². The number of carbonyl (C=O) groups excluding carboxylic acids is 1. The molecule has 0 N–H and O–H groups in total. The van der Waals surface area contributed by atoms with Gasteiger partial charge in [0.2, 0.25) is 0 Å². The molecule has 0 spiro atoms. The van der Waals surface area contributed by atoms with Crippen LogP contribution < -0.4 is 0 Å². The molecule has 0 bridgehead atoms. The van der Waals surface area contributed by atoms with Gasteiger partial charge in [0.05, 0.1) is 0 Å². The summed E-state index contributed by atoms with van der Waals surface area (Å²) in [6.07, 6.45) is 9.50. The molecule has 1 heteroatoms. The summed E-state index contributed by atoms with van der Waals surface area (Å²) < 4.78 is 0. The van der Waals surface area contributed by atoms with Gasteiger partial charge in [0.1, 0.15) is 5.78 Å². The Morgan fingerprint density at radius 2 is 1.71 bits per heavy atom. The summed E-state index contributed by atoms with van der Waals surface area (Å²) in [5, 5.41) is 0. The highest BCUT2D eigenvalue weighted by atomic mass is 16.1. The fraction of sp³-hybridized carbons (Fsp3) is 0.923. The van der Waals surface area contributed by atoms with Crippen LogP contribution in [-0.2, 0) is 4.79 Å². The van der Waals surface area contributed by atoms with Crippen molar-refractivity contribution in [2.24, 2.45) is 11.8 Å². The topological polar surface area (TPSA) is 17.1 Å². The number of hydrogen-bond donors (Lipinski definition) is 0. The molecular weight excluding hydrogens is 172 g/mol. The maximum absolute atomic E-state index is 12.0. The first-order valence-corrected chi connectivity index (χ1v) is 6.33. The van der Waals surface area contributed by atoms with Gasteiger partial charge in [0, 0.05) is 11.8 Å². The lowest BCUT2D eigenvalue weighted by Crippen LogP contribution is -2.28. The third kappa shape index (κ3) is 3.11. The Morgan fingerprint density at radius 1 is 1.07 bits per heavy atom. The van der Waals surface area contributed by atoms with Crippen molar-refractivity contribution in [1.29, 1.82) is 0 Å². The van der Waals surface area contributed by atoms with E-state index in [4.69, 9.17) is 0 Å². The average molecular weight is 196 g/mol. The fourth-order valence-corrected chi connectivity index (χ4v) is 2.60. The second kappa shape index (κ2) is 6.21. The molecule has 0 aromatic carbocycles. The summed E-state index contributed by atoms with van der Waals surface area (Å²) in [4.78, 5) is 12.0. The van der Waals surface area contributed by atoms with Crippen molar-refractivity contribution >= 4 is 5.78 Å². The molecule has 1 aliphatic rings. The van der Waals surface area contributed by atoms with Crippen LogP contribution in [0.4, 0.5) is 0 Å². The van der Waals surface area contributed by atoms with Gasteiger partial charge in [-0.1, -0.05) is 39.5 Å². The van der Waals surface area contributed by atoms with Crippen molar-refractivity contribution in [3.05, 3.63) is 0 Å². The van der Waals surface area contributed by atoms with E-state index >= 15 is 0 Å². The van der Waals surface area contributed by atoms with Crippen LogP contribution in [0.2, 0.25) is 0 Å². The standard InChI is InChI=1S/C13H24O/c1-3-5-8-12-10-6-9-11(7-4-2)13(12)14/h11-12H,3-10H2,1-2H3. The summed E-state index contributed by atoms with van der Waals surface area (Å²) in [7, 11) is 0. The minimum atomic E-state index is 0.413. The van der Waals surface area contributed by atoms with E-state index in [0.717, 1.165) is 25.7 Å². The Morgan fingerprint density at radius 3 is 2.29 bits per heavy atom. The van der Waals surface area contributed by atoms with E-state index in [1.165, 1.54) is 25.7 Å². The first kappa shape index (κ1) is 11.7. The third-order valence-corrected chi connectivity index (χ3v) is 3.45. The monoisotopic (exact) mass is 196 g/mol. The first-order valence-electron chi connectivity index (χ1n) is 6.33. The highest BCUT2D eigenvalue weighted by Gasteiger charge is 2.29. The Bertz CT molecular complexity index is 172. The predicted molar refractivity (Wildman–Crippen MR) is 60.3 cm³/mol. The smallest absolute Gasteiger partial charge is 0.139 e. The van der Waals surface area contributed by atoms with Gasteiger partial charge < -0.3 is 0 Å². The average Bonchev–Trinajstić information content (AvgIpc) is 2.20. The first-order chi connectivity index (χ1) is 6.79. The number of carbonyl (C=O) groups is 1. The predicted octanol–water partition coefficient (Wildman–Crippen LogP) is 3.96. The molecule has 1 fully saturated rings. The zero-order valence-electron chi connectivity index (χ0n) is 9.72. The molecule has 1 saturated carbocycles. The lowest BCUT2D eigenvalue weighted by molar-refractivity contribution is -0.129. The molecule has 1 aliphatic carbocycles. The molecule has 0 aromatic heterocycles. The number of rotatable bonds is 5. The Kier molecular flexibility index (Phi) is 5.21. The van der Waals surface area contributed by atoms with Gasteiger partial charge in [-0.15, -0.1) is 0 Å². The van der Waals surface area contributed by atoms with Crippen molar-refractivity contribution in [1.82, 2.24) is 0 Å². The van der Waals surface area contributed by atoms with E-state index in [1.54, 1.807) is 0 Å². The number of ketones is 1. The van der Waals surface area contributed by atoms with Crippen LogP contribution in [0.3, 0.4) is 0 Å². The minimum Gasteiger partial charge on any atom is -0.299 e. The summed E-state index contributed by atoms with van der Waals surface area (Å²) in [6, 6.07) is 0. The summed E-state index contributed by atoms with van der Waals surface area (Å²) >= 11 is 0. The molecule has 0 heterocycles. The van der Waals surface area contributed by atoms with Crippen molar-refractivity contribution in [2.75, 3.05) is 0 Å². The SMILES string of the molecule is CCCCC1CCCC(CCC)C1=O. The lowest BCUT2D eigenvalue weighted by Gasteiger charge is -2.27. The van der Waals surface area contributed by atoms with E-state index in [0.29, 0.717) is 17.6 Å². The molecule has 0 saturated heterocycles. The van der Waals surface area contributed by atoms with Crippen LogP contribution in [-0.4, -0.2) is 5.78 Å². The van der Waals surface area contributed by atoms with Gasteiger partial charge in [-0.25, -0.2) is 0 Å². The second-order valence-corrected chi connectivity index (χ2v) is 4.66. The van der Waals surface area contributed by atoms with E-state index in [-0.39, 0.29) is 0 Å². The molecule has 2 atom stereocenters. The minimum absolute atomic E-state index is 0.413. The van der Waals surface area contributed by atoms with Gasteiger partial charge in [-0.05, 0) is 25.7 Å². The fourth-order valence-electron chi connectivity index (χ4n) is 2.60. The van der Waals surface area contributed by atoms with Gasteiger partial charge in [0.15, 0.2) is 0 Å². The molecule has 1 nitrogen and oxygen atoms in total. The van der Waals surface area contributed by atoms with Gasteiger partial charge in [-0.2, -0.15) is 0 Å². The van der Waals surface area contributed by atoms with E-state index in [9.17, 15) is 4.79 Å². The molecule has 2 unspecified atom stereocenters. The Hall–Kier alpha value is -0.330. The highest BCUT2D eigenvalue weighted by Crippen LogP contribution is 2.31. The zero-order chi connectivity index (χ0) is 10.4. The number of hydrogen-bond acceptors (Lipinski definition) is 1. The molecule has 0 radical (unpaired) electrons. The number of unbranched alkanes of at least 4 members (excludes halogenated alkanes) is 1. The van der Waals surface area contributed by atoms with Crippen LogP contribution >= 0.6 is 0 Å². The second-order valence-electron chi connectivity index (χ2n) is 4.66. The third-order valence-electron chi connectivity index (χ3n) is 3.45. The summed E-state index contributed by atoms with van der Waals surface area (Å²) in [6.45, 7) is 4.39. The van der Waals surface area contributed by atoms with Crippen molar-refractivity contribution in [3.63, 3.8) is 0 Å². The van der Waals surface area contributed by atoms with Gasteiger partial charge in [-0.3, -0.25) is 4.79 Å². The van der Waals surface area contributed by atoms with Crippen LogP contribution in [0.15, 0.2) is 0 Å². The molecule has 14 heavy (non-hydrogen) atoms. The van der Waals surface area contributed by atoms with Crippen molar-refractivity contribution < 1.29 is 4.79 Å². The summed E-state index contributed by atoms with van der Waals surface area (Å²) in [5.41, 5.74) is 0. The molecule has 0 aliphatic heterocycles. The number of Topliss-reactive ketones (excluding diaryl/α,β-unsaturated/α-hetero) is 1. The van der Waals surface area contributed by atoms with Crippen molar-refractivity contribution in [2.45, 2.75) is 65.2 Å². The largest absolute Gasteiger partial charge is 0.299 e. The zero-order valence-corrected chi connectivity index (χ0v) is 9.72. The molecule has 0 amide bonds. The van der Waals surface area contributed by atoms with E-state index in [2.05, 4.69) is 13.8 Å².